The number of amides is 1. The van der Waals surface area contributed by atoms with Crippen molar-refractivity contribution in [1.82, 2.24) is 14.9 Å². The minimum Gasteiger partial charge on any atom is -0.497 e. The van der Waals surface area contributed by atoms with Crippen molar-refractivity contribution in [2.75, 3.05) is 44.8 Å². The van der Waals surface area contributed by atoms with E-state index in [2.05, 4.69) is 16.0 Å². The first-order valence-electron chi connectivity index (χ1n) is 11.3. The molecule has 1 fully saturated rings. The minimum atomic E-state index is -0.0266. The number of hydrogen-bond donors (Lipinski definition) is 0. The first kappa shape index (κ1) is 23.8. The van der Waals surface area contributed by atoms with Crippen molar-refractivity contribution in [3.63, 3.8) is 0 Å². The number of piperazine rings is 1. The van der Waals surface area contributed by atoms with Gasteiger partial charge < -0.3 is 19.3 Å². The first-order valence-corrected chi connectivity index (χ1v) is 11.7. The van der Waals surface area contributed by atoms with Crippen molar-refractivity contribution in [3.8, 4) is 11.5 Å². The van der Waals surface area contributed by atoms with Crippen LogP contribution in [0.5, 0.6) is 11.5 Å². The number of hydrogen-bond acceptors (Lipinski definition) is 6. The Kier molecular flexibility index (Phi) is 7.53. The van der Waals surface area contributed by atoms with E-state index in [1.54, 1.807) is 31.4 Å². The molecule has 7 nitrogen and oxygen atoms in total. The number of aryl methyl sites for hydroxylation is 2. The Bertz CT molecular complexity index is 1150. The molecule has 1 saturated heterocycles. The lowest BCUT2D eigenvalue weighted by Crippen LogP contribution is -2.50. The number of rotatable bonds is 7. The molecular weight excluding hydrogens is 452 g/mol. The van der Waals surface area contributed by atoms with Crippen LogP contribution < -0.4 is 14.4 Å². The molecule has 0 saturated carbocycles. The molecule has 8 heteroatoms. The van der Waals surface area contributed by atoms with Crippen LogP contribution in [0.15, 0.2) is 48.5 Å². The zero-order chi connectivity index (χ0) is 24.1. The highest BCUT2D eigenvalue weighted by molar-refractivity contribution is 6.30. The van der Waals surface area contributed by atoms with Gasteiger partial charge in [0, 0.05) is 48.9 Å². The maximum Gasteiger partial charge on any atom is 0.260 e. The van der Waals surface area contributed by atoms with Crippen LogP contribution in [-0.4, -0.2) is 60.7 Å². The molecule has 3 aromatic rings. The van der Waals surface area contributed by atoms with Crippen LogP contribution in [0.1, 0.15) is 22.6 Å². The lowest BCUT2D eigenvalue weighted by atomic mass is 10.0. The van der Waals surface area contributed by atoms with Crippen molar-refractivity contribution in [1.29, 1.82) is 0 Å². The number of aromatic nitrogens is 2. The molecule has 178 valence electrons. The summed E-state index contributed by atoms with van der Waals surface area (Å²) in [6.45, 7) is 6.59. The molecule has 1 amide bonds. The van der Waals surface area contributed by atoms with E-state index in [1.165, 1.54) is 0 Å². The number of carbonyl (C=O) groups is 1. The molecular formula is C26H29ClN4O3. The third kappa shape index (κ3) is 5.78. The average Bonchev–Trinajstić information content (AvgIpc) is 2.85. The van der Waals surface area contributed by atoms with Gasteiger partial charge >= 0.3 is 0 Å². The van der Waals surface area contributed by atoms with Crippen LogP contribution in [0, 0.1) is 13.8 Å². The number of anilines is 1. The monoisotopic (exact) mass is 480 g/mol. The lowest BCUT2D eigenvalue weighted by Gasteiger charge is -2.36. The third-order valence-electron chi connectivity index (χ3n) is 5.93. The number of carbonyl (C=O) groups excluding carboxylic acids is 1. The molecule has 0 bridgehead atoms. The van der Waals surface area contributed by atoms with E-state index in [0.717, 1.165) is 34.2 Å². The fraction of sp³-hybridized carbons (Fsp3) is 0.346. The zero-order valence-corrected chi connectivity index (χ0v) is 20.5. The van der Waals surface area contributed by atoms with E-state index >= 15 is 0 Å². The molecule has 0 aliphatic carbocycles. The zero-order valence-electron chi connectivity index (χ0n) is 19.8. The van der Waals surface area contributed by atoms with E-state index in [4.69, 9.17) is 26.1 Å². The fourth-order valence-electron chi connectivity index (χ4n) is 4.11. The number of ether oxygens (including phenoxy) is 2. The predicted octanol–water partition coefficient (Wildman–Crippen LogP) is 4.07. The Morgan fingerprint density at radius 1 is 1.00 bits per heavy atom. The lowest BCUT2D eigenvalue weighted by molar-refractivity contribution is -0.133. The summed E-state index contributed by atoms with van der Waals surface area (Å²) in [5.41, 5.74) is 3.22. The van der Waals surface area contributed by atoms with Crippen LogP contribution in [0.4, 0.5) is 5.82 Å². The Hall–Kier alpha value is -3.32. The van der Waals surface area contributed by atoms with Crippen LogP contribution in [-0.2, 0) is 11.2 Å². The van der Waals surface area contributed by atoms with Crippen molar-refractivity contribution in [2.24, 2.45) is 0 Å². The number of methoxy groups -OCH3 is 1. The maximum absolute atomic E-state index is 12.7. The average molecular weight is 481 g/mol. The van der Waals surface area contributed by atoms with Gasteiger partial charge in [0.1, 0.15) is 23.1 Å². The van der Waals surface area contributed by atoms with E-state index < -0.39 is 0 Å². The van der Waals surface area contributed by atoms with Crippen LogP contribution in [0.25, 0.3) is 0 Å². The van der Waals surface area contributed by atoms with Crippen LogP contribution in [0.3, 0.4) is 0 Å². The highest BCUT2D eigenvalue weighted by Gasteiger charge is 2.25. The Morgan fingerprint density at radius 3 is 2.44 bits per heavy atom. The van der Waals surface area contributed by atoms with Gasteiger partial charge in [-0.2, -0.15) is 0 Å². The van der Waals surface area contributed by atoms with E-state index in [0.29, 0.717) is 43.4 Å². The second-order valence-electron chi connectivity index (χ2n) is 8.30. The second-order valence-corrected chi connectivity index (χ2v) is 8.73. The van der Waals surface area contributed by atoms with Crippen molar-refractivity contribution in [2.45, 2.75) is 20.3 Å². The van der Waals surface area contributed by atoms with Gasteiger partial charge in [0.15, 0.2) is 6.61 Å². The van der Waals surface area contributed by atoms with Gasteiger partial charge in [-0.05, 0) is 55.8 Å². The summed E-state index contributed by atoms with van der Waals surface area (Å²) in [5.74, 6) is 3.12. The second kappa shape index (κ2) is 10.7. The van der Waals surface area contributed by atoms with Gasteiger partial charge in [0.25, 0.3) is 5.91 Å². The Labute approximate surface area is 205 Å². The summed E-state index contributed by atoms with van der Waals surface area (Å²) < 4.78 is 11.0. The molecule has 1 aliphatic heterocycles. The van der Waals surface area contributed by atoms with E-state index in [-0.39, 0.29) is 12.5 Å². The summed E-state index contributed by atoms with van der Waals surface area (Å²) in [7, 11) is 1.67. The first-order chi connectivity index (χ1) is 16.4. The summed E-state index contributed by atoms with van der Waals surface area (Å²) in [5, 5.41) is 0.635. The standard InChI is InChI=1S/C26H29ClN4O3/c1-18-24(16-20-5-4-6-23(15-20)33-3)26(29-19(2)28-18)31-13-11-30(12-14-31)25(32)17-34-22-9-7-21(27)8-10-22/h4-10,15H,11-14,16-17H2,1-3H3. The Morgan fingerprint density at radius 2 is 1.74 bits per heavy atom. The predicted molar refractivity (Wildman–Crippen MR) is 133 cm³/mol. The van der Waals surface area contributed by atoms with E-state index in [9.17, 15) is 4.79 Å². The normalized spacial score (nSPS) is 13.6. The maximum atomic E-state index is 12.7. The Balaban J connectivity index is 1.42. The van der Waals surface area contributed by atoms with Gasteiger partial charge in [0.05, 0.1) is 7.11 Å². The summed E-state index contributed by atoms with van der Waals surface area (Å²) in [6, 6.07) is 15.1. The topological polar surface area (TPSA) is 67.8 Å². The largest absolute Gasteiger partial charge is 0.497 e. The van der Waals surface area contributed by atoms with Gasteiger partial charge in [-0.1, -0.05) is 23.7 Å². The minimum absolute atomic E-state index is 0.00838. The molecule has 0 unspecified atom stereocenters. The van der Waals surface area contributed by atoms with Crippen LogP contribution >= 0.6 is 11.6 Å². The van der Waals surface area contributed by atoms with Gasteiger partial charge in [0.2, 0.25) is 0 Å². The molecule has 34 heavy (non-hydrogen) atoms. The van der Waals surface area contributed by atoms with Gasteiger partial charge in [-0.3, -0.25) is 4.79 Å². The van der Waals surface area contributed by atoms with E-state index in [1.807, 2.05) is 36.9 Å². The molecule has 1 aliphatic rings. The molecule has 1 aromatic heterocycles. The van der Waals surface area contributed by atoms with Crippen molar-refractivity contribution < 1.29 is 14.3 Å². The molecule has 0 spiro atoms. The molecule has 2 heterocycles. The molecule has 2 aromatic carbocycles. The SMILES string of the molecule is COc1cccc(Cc2c(C)nc(C)nc2N2CCN(C(=O)COc3ccc(Cl)cc3)CC2)c1. The molecule has 4 rings (SSSR count). The smallest absolute Gasteiger partial charge is 0.260 e. The number of benzene rings is 2. The van der Waals surface area contributed by atoms with Crippen molar-refractivity contribution in [3.05, 3.63) is 76.2 Å². The van der Waals surface area contributed by atoms with Crippen LogP contribution in [0.2, 0.25) is 5.02 Å². The summed E-state index contributed by atoms with van der Waals surface area (Å²) in [4.78, 5) is 26.2. The third-order valence-corrected chi connectivity index (χ3v) is 6.18. The summed E-state index contributed by atoms with van der Waals surface area (Å²) in [6.07, 6.45) is 0.715. The van der Waals surface area contributed by atoms with Gasteiger partial charge in [-0.25, -0.2) is 9.97 Å². The molecule has 0 radical (unpaired) electrons. The fourth-order valence-corrected chi connectivity index (χ4v) is 4.23. The molecule has 0 atom stereocenters. The summed E-state index contributed by atoms with van der Waals surface area (Å²) >= 11 is 5.90. The number of halogens is 1. The van der Waals surface area contributed by atoms with Crippen molar-refractivity contribution >= 4 is 23.3 Å². The highest BCUT2D eigenvalue weighted by Crippen LogP contribution is 2.26. The quantitative estimate of drug-likeness (QED) is 0.507. The van der Waals surface area contributed by atoms with Gasteiger partial charge in [-0.15, -0.1) is 0 Å². The number of nitrogens with zero attached hydrogens (tertiary/aromatic N) is 4. The molecule has 0 N–H and O–H groups in total. The highest BCUT2D eigenvalue weighted by atomic mass is 35.5.